The Morgan fingerprint density at radius 1 is 1.28 bits per heavy atom. The van der Waals surface area contributed by atoms with E-state index in [-0.39, 0.29) is 0 Å². The van der Waals surface area contributed by atoms with E-state index in [0.717, 1.165) is 35.9 Å². The third kappa shape index (κ3) is 2.16. The number of aromatic nitrogens is 1. The van der Waals surface area contributed by atoms with Crippen molar-refractivity contribution in [1.29, 1.82) is 0 Å². The van der Waals surface area contributed by atoms with Crippen LogP contribution < -0.4 is 11.1 Å². The normalized spacial score (nSPS) is 23.4. The Morgan fingerprint density at radius 3 is 2.94 bits per heavy atom. The fourth-order valence-electron chi connectivity index (χ4n) is 2.63. The SMILES string of the molecule is NC1CCC(Nc2ccc(Cl)c3ncccc23)C1. The number of nitrogens with zero attached hydrogens (tertiary/aromatic N) is 1. The summed E-state index contributed by atoms with van der Waals surface area (Å²) in [7, 11) is 0. The number of hydrogen-bond donors (Lipinski definition) is 2. The first kappa shape index (κ1) is 11.8. The van der Waals surface area contributed by atoms with Crippen LogP contribution in [0.3, 0.4) is 0 Å². The van der Waals surface area contributed by atoms with Crippen molar-refractivity contribution in [1.82, 2.24) is 4.98 Å². The maximum atomic E-state index is 6.16. The van der Waals surface area contributed by atoms with Crippen molar-refractivity contribution in [2.45, 2.75) is 31.3 Å². The molecule has 2 unspecified atom stereocenters. The van der Waals surface area contributed by atoms with E-state index in [0.29, 0.717) is 17.1 Å². The van der Waals surface area contributed by atoms with Crippen LogP contribution in [0, 0.1) is 0 Å². The van der Waals surface area contributed by atoms with Gasteiger partial charge in [0.25, 0.3) is 0 Å². The molecular weight excluding hydrogens is 246 g/mol. The second-order valence-corrected chi connectivity index (χ2v) is 5.32. The van der Waals surface area contributed by atoms with Gasteiger partial charge in [-0.3, -0.25) is 4.98 Å². The van der Waals surface area contributed by atoms with Crippen molar-refractivity contribution in [2.75, 3.05) is 5.32 Å². The summed E-state index contributed by atoms with van der Waals surface area (Å²) < 4.78 is 0. The summed E-state index contributed by atoms with van der Waals surface area (Å²) in [4.78, 5) is 4.33. The average Bonchev–Trinajstić information content (AvgIpc) is 2.79. The van der Waals surface area contributed by atoms with Gasteiger partial charge in [-0.2, -0.15) is 0 Å². The molecule has 0 radical (unpaired) electrons. The highest BCUT2D eigenvalue weighted by molar-refractivity contribution is 6.35. The van der Waals surface area contributed by atoms with Gasteiger partial charge < -0.3 is 11.1 Å². The maximum Gasteiger partial charge on any atom is 0.0908 e. The number of anilines is 1. The lowest BCUT2D eigenvalue weighted by molar-refractivity contribution is 0.688. The minimum Gasteiger partial charge on any atom is -0.382 e. The van der Waals surface area contributed by atoms with Gasteiger partial charge in [0.2, 0.25) is 0 Å². The van der Waals surface area contributed by atoms with Crippen LogP contribution in [-0.4, -0.2) is 17.1 Å². The van der Waals surface area contributed by atoms with Gasteiger partial charge in [0.15, 0.2) is 0 Å². The Kier molecular flexibility index (Phi) is 3.10. The lowest BCUT2D eigenvalue weighted by atomic mass is 10.1. The molecule has 1 aromatic heterocycles. The van der Waals surface area contributed by atoms with Crippen molar-refractivity contribution in [2.24, 2.45) is 5.73 Å². The Bertz CT molecular complexity index is 570. The third-order valence-electron chi connectivity index (χ3n) is 3.55. The lowest BCUT2D eigenvalue weighted by Gasteiger charge is -2.16. The minimum atomic E-state index is 0.333. The Hall–Kier alpha value is -1.32. The first-order valence-electron chi connectivity index (χ1n) is 6.29. The highest BCUT2D eigenvalue weighted by atomic mass is 35.5. The highest BCUT2D eigenvalue weighted by Gasteiger charge is 2.22. The van der Waals surface area contributed by atoms with E-state index >= 15 is 0 Å². The zero-order chi connectivity index (χ0) is 12.5. The number of rotatable bonds is 2. The Morgan fingerprint density at radius 2 is 2.17 bits per heavy atom. The fourth-order valence-corrected chi connectivity index (χ4v) is 2.85. The van der Waals surface area contributed by atoms with E-state index in [4.69, 9.17) is 17.3 Å². The Labute approximate surface area is 111 Å². The summed E-state index contributed by atoms with van der Waals surface area (Å²) in [5.74, 6) is 0. The smallest absolute Gasteiger partial charge is 0.0908 e. The molecule has 2 aromatic rings. The predicted octanol–water partition coefficient (Wildman–Crippen LogP) is 3.18. The molecule has 1 aliphatic rings. The number of fused-ring (bicyclic) bond motifs is 1. The molecule has 0 amide bonds. The molecule has 1 fully saturated rings. The monoisotopic (exact) mass is 261 g/mol. The van der Waals surface area contributed by atoms with Gasteiger partial charge in [0.1, 0.15) is 0 Å². The minimum absolute atomic E-state index is 0.333. The van der Waals surface area contributed by atoms with E-state index < -0.39 is 0 Å². The summed E-state index contributed by atoms with van der Waals surface area (Å²) >= 11 is 6.16. The lowest BCUT2D eigenvalue weighted by Crippen LogP contribution is -2.20. The van der Waals surface area contributed by atoms with E-state index in [9.17, 15) is 0 Å². The average molecular weight is 262 g/mol. The number of pyridine rings is 1. The molecule has 3 N–H and O–H groups in total. The van der Waals surface area contributed by atoms with Crippen LogP contribution in [0.5, 0.6) is 0 Å². The van der Waals surface area contributed by atoms with Gasteiger partial charge in [-0.1, -0.05) is 11.6 Å². The Balaban J connectivity index is 1.95. The van der Waals surface area contributed by atoms with Crippen molar-refractivity contribution < 1.29 is 0 Å². The van der Waals surface area contributed by atoms with E-state index in [2.05, 4.69) is 10.3 Å². The van der Waals surface area contributed by atoms with Crippen LogP contribution in [0.4, 0.5) is 5.69 Å². The van der Waals surface area contributed by atoms with Gasteiger partial charge in [-0.25, -0.2) is 0 Å². The summed E-state index contributed by atoms with van der Waals surface area (Å²) in [5, 5.41) is 5.33. The maximum absolute atomic E-state index is 6.16. The second kappa shape index (κ2) is 4.75. The molecule has 0 spiro atoms. The molecule has 0 aliphatic heterocycles. The molecule has 1 aromatic carbocycles. The largest absolute Gasteiger partial charge is 0.382 e. The number of benzene rings is 1. The zero-order valence-corrected chi connectivity index (χ0v) is 10.8. The molecule has 1 heterocycles. The molecule has 3 nitrogen and oxygen atoms in total. The summed E-state index contributed by atoms with van der Waals surface area (Å²) in [6.45, 7) is 0. The molecular formula is C14H16ClN3. The standard InChI is InChI=1S/C14H16ClN3/c15-12-5-6-13(11-2-1-7-17-14(11)12)18-10-4-3-9(16)8-10/h1-2,5-7,9-10,18H,3-4,8,16H2. The first-order chi connectivity index (χ1) is 8.74. The molecule has 18 heavy (non-hydrogen) atoms. The van der Waals surface area contributed by atoms with E-state index in [1.807, 2.05) is 24.3 Å². The van der Waals surface area contributed by atoms with Crippen molar-refractivity contribution in [3.05, 3.63) is 35.5 Å². The second-order valence-electron chi connectivity index (χ2n) is 4.91. The van der Waals surface area contributed by atoms with Crippen LogP contribution in [0.1, 0.15) is 19.3 Å². The van der Waals surface area contributed by atoms with Crippen molar-refractivity contribution in [3.63, 3.8) is 0 Å². The number of nitrogens with two attached hydrogens (primary N) is 1. The van der Waals surface area contributed by atoms with E-state index in [1.165, 1.54) is 0 Å². The van der Waals surface area contributed by atoms with Gasteiger partial charge >= 0.3 is 0 Å². The van der Waals surface area contributed by atoms with Crippen molar-refractivity contribution >= 4 is 28.2 Å². The molecule has 4 heteroatoms. The fraction of sp³-hybridized carbons (Fsp3) is 0.357. The van der Waals surface area contributed by atoms with Gasteiger partial charge in [0.05, 0.1) is 10.5 Å². The number of nitrogens with one attached hydrogen (secondary N) is 1. The summed E-state index contributed by atoms with van der Waals surface area (Å²) in [6.07, 6.45) is 5.03. The van der Waals surface area contributed by atoms with Crippen LogP contribution >= 0.6 is 11.6 Å². The van der Waals surface area contributed by atoms with Crippen LogP contribution in [-0.2, 0) is 0 Å². The van der Waals surface area contributed by atoms with Crippen LogP contribution in [0.2, 0.25) is 5.02 Å². The molecule has 3 rings (SSSR count). The van der Waals surface area contributed by atoms with Gasteiger partial charge in [0, 0.05) is 29.4 Å². The molecule has 94 valence electrons. The zero-order valence-electron chi connectivity index (χ0n) is 10.1. The van der Waals surface area contributed by atoms with Crippen LogP contribution in [0.25, 0.3) is 10.9 Å². The molecule has 0 bridgehead atoms. The number of halogens is 1. The molecule has 1 aliphatic carbocycles. The quantitative estimate of drug-likeness (QED) is 0.873. The molecule has 0 saturated heterocycles. The molecule has 1 saturated carbocycles. The topological polar surface area (TPSA) is 50.9 Å². The summed E-state index contributed by atoms with van der Waals surface area (Å²) in [6, 6.07) is 8.70. The molecule has 2 atom stereocenters. The van der Waals surface area contributed by atoms with Crippen LogP contribution in [0.15, 0.2) is 30.5 Å². The number of hydrogen-bond acceptors (Lipinski definition) is 3. The van der Waals surface area contributed by atoms with Gasteiger partial charge in [-0.05, 0) is 43.5 Å². The first-order valence-corrected chi connectivity index (χ1v) is 6.67. The van der Waals surface area contributed by atoms with E-state index in [1.54, 1.807) is 6.20 Å². The third-order valence-corrected chi connectivity index (χ3v) is 3.86. The highest BCUT2D eigenvalue weighted by Crippen LogP contribution is 2.30. The summed E-state index contributed by atoms with van der Waals surface area (Å²) in [5.41, 5.74) is 7.89. The van der Waals surface area contributed by atoms with Crippen molar-refractivity contribution in [3.8, 4) is 0 Å². The van der Waals surface area contributed by atoms with Gasteiger partial charge in [-0.15, -0.1) is 0 Å². The predicted molar refractivity (Wildman–Crippen MR) is 76.0 cm³/mol.